The molecule has 0 fully saturated rings. The molecule has 0 aliphatic heterocycles. The average Bonchev–Trinajstić information content (AvgIpc) is 3.30. The van der Waals surface area contributed by atoms with Crippen molar-refractivity contribution in [3.05, 3.63) is 81.8 Å². The van der Waals surface area contributed by atoms with E-state index in [-0.39, 0.29) is 5.88 Å². The molecule has 1 N–H and O–H groups in total. The number of halogens is 4. The highest BCUT2D eigenvalue weighted by atomic mass is 35.5. The van der Waals surface area contributed by atoms with E-state index < -0.39 is 11.7 Å². The van der Waals surface area contributed by atoms with Crippen molar-refractivity contribution in [2.45, 2.75) is 12.6 Å². The molecule has 9 heteroatoms. The van der Waals surface area contributed by atoms with Crippen LogP contribution in [0.5, 0.6) is 5.88 Å². The van der Waals surface area contributed by atoms with Gasteiger partial charge in [0.05, 0.1) is 5.56 Å². The van der Waals surface area contributed by atoms with Gasteiger partial charge in [0.1, 0.15) is 5.69 Å². The van der Waals surface area contributed by atoms with Crippen LogP contribution in [0, 0.1) is 0 Å². The molecule has 148 valence electrons. The summed E-state index contributed by atoms with van der Waals surface area (Å²) in [6, 6.07) is 11.8. The van der Waals surface area contributed by atoms with Gasteiger partial charge >= 0.3 is 6.18 Å². The molecule has 0 saturated carbocycles. The number of hydrogen-bond donors (Lipinski definition) is 1. The Hall–Kier alpha value is -2.84. The van der Waals surface area contributed by atoms with E-state index in [1.807, 2.05) is 6.07 Å². The van der Waals surface area contributed by atoms with E-state index >= 15 is 0 Å². The predicted octanol–water partition coefficient (Wildman–Crippen LogP) is 5.96. The molecular weight excluding hydrogens is 423 g/mol. The molecule has 4 aromatic rings. The standard InChI is InChI=1S/C20H13ClF3N3OS/c21-15-3-1-2-12(10-15)11-16-17(13-4-6-14(7-5-13)20(22,23)24)26-27(18(16)28)19-25-8-9-29-19/h1-10,28H,11H2. The Morgan fingerprint density at radius 3 is 2.48 bits per heavy atom. The van der Waals surface area contributed by atoms with Gasteiger partial charge in [0.25, 0.3) is 0 Å². The highest BCUT2D eigenvalue weighted by molar-refractivity contribution is 7.12. The summed E-state index contributed by atoms with van der Waals surface area (Å²) in [6.07, 6.45) is -2.55. The Morgan fingerprint density at radius 1 is 1.10 bits per heavy atom. The quantitative estimate of drug-likeness (QED) is 0.430. The third-order valence-electron chi connectivity index (χ3n) is 4.31. The highest BCUT2D eigenvalue weighted by Crippen LogP contribution is 2.36. The van der Waals surface area contributed by atoms with E-state index in [4.69, 9.17) is 11.6 Å². The number of rotatable bonds is 4. The van der Waals surface area contributed by atoms with Gasteiger partial charge in [-0.25, -0.2) is 4.98 Å². The van der Waals surface area contributed by atoms with Crippen LogP contribution in [-0.4, -0.2) is 19.9 Å². The second-order valence-corrected chi connectivity index (χ2v) is 7.57. The lowest BCUT2D eigenvalue weighted by Gasteiger charge is -2.08. The Bertz CT molecular complexity index is 1140. The summed E-state index contributed by atoms with van der Waals surface area (Å²) in [5.74, 6) is -0.116. The van der Waals surface area contributed by atoms with Gasteiger partial charge in [0.15, 0.2) is 0 Å². The van der Waals surface area contributed by atoms with E-state index in [0.29, 0.717) is 33.4 Å². The first-order valence-corrected chi connectivity index (χ1v) is 9.71. The molecule has 29 heavy (non-hydrogen) atoms. The number of thiazole rings is 1. The zero-order valence-corrected chi connectivity index (χ0v) is 16.3. The van der Waals surface area contributed by atoms with Crippen molar-refractivity contribution < 1.29 is 18.3 Å². The van der Waals surface area contributed by atoms with E-state index in [1.165, 1.54) is 28.2 Å². The van der Waals surface area contributed by atoms with Gasteiger partial charge in [-0.1, -0.05) is 35.9 Å². The summed E-state index contributed by atoms with van der Waals surface area (Å²) in [6.45, 7) is 0. The molecule has 0 atom stereocenters. The number of benzene rings is 2. The van der Waals surface area contributed by atoms with Gasteiger partial charge in [-0.05, 0) is 29.8 Å². The normalized spacial score (nSPS) is 11.7. The van der Waals surface area contributed by atoms with Crippen LogP contribution in [0.25, 0.3) is 16.4 Å². The van der Waals surface area contributed by atoms with Gasteiger partial charge in [-0.15, -0.1) is 11.3 Å². The lowest BCUT2D eigenvalue weighted by atomic mass is 10.0. The van der Waals surface area contributed by atoms with Crippen LogP contribution in [0.3, 0.4) is 0 Å². The number of aromatic hydroxyl groups is 1. The molecule has 0 amide bonds. The smallest absolute Gasteiger partial charge is 0.416 e. The summed E-state index contributed by atoms with van der Waals surface area (Å²) in [5, 5.41) is 18.0. The first-order valence-electron chi connectivity index (χ1n) is 8.46. The summed E-state index contributed by atoms with van der Waals surface area (Å²) >= 11 is 7.34. The Kier molecular flexibility index (Phi) is 5.06. The third-order valence-corrected chi connectivity index (χ3v) is 5.29. The Labute approximate surface area is 172 Å². The number of aromatic nitrogens is 3. The molecule has 0 unspecified atom stereocenters. The number of alkyl halides is 3. The average molecular weight is 436 g/mol. The maximum absolute atomic E-state index is 12.9. The predicted molar refractivity (Wildman–Crippen MR) is 106 cm³/mol. The van der Waals surface area contributed by atoms with Crippen LogP contribution in [0.1, 0.15) is 16.7 Å². The maximum Gasteiger partial charge on any atom is 0.416 e. The second kappa shape index (κ2) is 7.53. The fourth-order valence-corrected chi connectivity index (χ4v) is 3.76. The van der Waals surface area contributed by atoms with E-state index in [2.05, 4.69) is 10.1 Å². The number of hydrogen-bond acceptors (Lipinski definition) is 4. The maximum atomic E-state index is 12.9. The molecule has 2 aromatic heterocycles. The minimum atomic E-state index is -4.43. The van der Waals surface area contributed by atoms with E-state index in [9.17, 15) is 18.3 Å². The first kappa shape index (κ1) is 19.5. The first-order chi connectivity index (χ1) is 13.8. The Balaban J connectivity index is 1.82. The van der Waals surface area contributed by atoms with Crippen molar-refractivity contribution in [2.75, 3.05) is 0 Å². The zero-order chi connectivity index (χ0) is 20.6. The molecule has 2 heterocycles. The summed E-state index contributed by atoms with van der Waals surface area (Å²) in [5.41, 5.74) is 1.40. The minimum Gasteiger partial charge on any atom is -0.493 e. The zero-order valence-electron chi connectivity index (χ0n) is 14.7. The van der Waals surface area contributed by atoms with Crippen molar-refractivity contribution in [2.24, 2.45) is 0 Å². The molecule has 0 aliphatic carbocycles. The second-order valence-electron chi connectivity index (χ2n) is 6.26. The highest BCUT2D eigenvalue weighted by Gasteiger charge is 2.30. The van der Waals surface area contributed by atoms with Crippen molar-refractivity contribution in [1.29, 1.82) is 0 Å². The van der Waals surface area contributed by atoms with Crippen molar-refractivity contribution in [3.8, 4) is 22.3 Å². The summed E-state index contributed by atoms with van der Waals surface area (Å²) in [7, 11) is 0. The van der Waals surface area contributed by atoms with Gasteiger partial charge in [0.2, 0.25) is 11.0 Å². The molecule has 0 saturated heterocycles. The molecule has 0 aliphatic rings. The van der Waals surface area contributed by atoms with Crippen LogP contribution in [0.4, 0.5) is 13.2 Å². The van der Waals surface area contributed by atoms with Gasteiger partial charge < -0.3 is 5.11 Å². The molecule has 0 spiro atoms. The van der Waals surface area contributed by atoms with Gasteiger partial charge in [0, 0.05) is 34.1 Å². The lowest BCUT2D eigenvalue weighted by molar-refractivity contribution is -0.137. The van der Waals surface area contributed by atoms with Gasteiger partial charge in [-0.3, -0.25) is 0 Å². The summed E-state index contributed by atoms with van der Waals surface area (Å²) < 4.78 is 40.0. The lowest BCUT2D eigenvalue weighted by Crippen LogP contribution is -2.04. The summed E-state index contributed by atoms with van der Waals surface area (Å²) in [4.78, 5) is 4.15. The molecule has 4 nitrogen and oxygen atoms in total. The van der Waals surface area contributed by atoms with Crippen LogP contribution < -0.4 is 0 Å². The van der Waals surface area contributed by atoms with Crippen LogP contribution in [0.15, 0.2) is 60.1 Å². The molecule has 4 rings (SSSR count). The number of nitrogens with zero attached hydrogens (tertiary/aromatic N) is 3. The van der Waals surface area contributed by atoms with Crippen LogP contribution >= 0.6 is 22.9 Å². The molecule has 2 aromatic carbocycles. The third kappa shape index (κ3) is 3.99. The van der Waals surface area contributed by atoms with E-state index in [1.54, 1.807) is 29.8 Å². The van der Waals surface area contributed by atoms with E-state index in [0.717, 1.165) is 17.7 Å². The molecule has 0 radical (unpaired) electrons. The van der Waals surface area contributed by atoms with Crippen molar-refractivity contribution in [1.82, 2.24) is 14.8 Å². The fraction of sp³-hybridized carbons (Fsp3) is 0.100. The fourth-order valence-electron chi connectivity index (χ4n) is 2.96. The van der Waals surface area contributed by atoms with Gasteiger partial charge in [-0.2, -0.15) is 23.0 Å². The topological polar surface area (TPSA) is 50.9 Å². The van der Waals surface area contributed by atoms with Crippen LogP contribution in [-0.2, 0) is 12.6 Å². The minimum absolute atomic E-state index is 0.116. The van der Waals surface area contributed by atoms with Crippen molar-refractivity contribution >= 4 is 22.9 Å². The Morgan fingerprint density at radius 2 is 1.86 bits per heavy atom. The SMILES string of the molecule is Oc1c(Cc2cccc(Cl)c2)c(-c2ccc(C(F)(F)F)cc2)nn1-c1nccs1. The molecular formula is C20H13ClF3N3OS. The molecule has 0 bridgehead atoms. The largest absolute Gasteiger partial charge is 0.493 e. The monoisotopic (exact) mass is 435 g/mol. The van der Waals surface area contributed by atoms with Crippen molar-refractivity contribution in [3.63, 3.8) is 0 Å². The van der Waals surface area contributed by atoms with Crippen LogP contribution in [0.2, 0.25) is 5.02 Å².